The van der Waals surface area contributed by atoms with E-state index in [1.165, 1.54) is 6.92 Å². The first kappa shape index (κ1) is 18.8. The number of carbonyl (C=O) groups excluding carboxylic acids is 3. The van der Waals surface area contributed by atoms with Crippen molar-refractivity contribution in [2.45, 2.75) is 26.2 Å². The number of nitrogens with one attached hydrogen (secondary N) is 1. The molecule has 0 unspecified atom stereocenters. The molecule has 2 amide bonds. The Hall–Kier alpha value is -2.95. The second-order valence-corrected chi connectivity index (χ2v) is 6.94. The van der Waals surface area contributed by atoms with Crippen molar-refractivity contribution in [1.29, 1.82) is 0 Å². The van der Waals surface area contributed by atoms with Gasteiger partial charge < -0.3 is 10.2 Å². The maximum absolute atomic E-state index is 12.5. The van der Waals surface area contributed by atoms with Crippen molar-refractivity contribution < 1.29 is 14.4 Å². The van der Waals surface area contributed by atoms with Crippen LogP contribution in [0.2, 0.25) is 0 Å². The molecule has 3 rings (SSSR count). The molecule has 2 aromatic carbocycles. The van der Waals surface area contributed by atoms with Gasteiger partial charge in [-0.1, -0.05) is 42.5 Å². The summed E-state index contributed by atoms with van der Waals surface area (Å²) in [5.74, 6) is 0.129. The highest BCUT2D eigenvalue weighted by molar-refractivity contribution is 5.98. The molecule has 0 saturated carbocycles. The standard InChI is InChI=1S/C22H24N2O3/c1-16(25)23-20-9-7-17(8-10-20)15-21(26)24-13-11-19(12-14-24)22(27)18-5-3-2-4-6-18/h2-10,19H,11-15H2,1H3,(H,23,25). The van der Waals surface area contributed by atoms with Gasteiger partial charge in [-0.25, -0.2) is 0 Å². The van der Waals surface area contributed by atoms with Gasteiger partial charge in [0.25, 0.3) is 0 Å². The molecule has 1 saturated heterocycles. The molecule has 0 radical (unpaired) electrons. The third-order valence-corrected chi connectivity index (χ3v) is 4.91. The van der Waals surface area contributed by atoms with Gasteiger partial charge in [-0.15, -0.1) is 0 Å². The number of Topliss-reactive ketones (excluding diaryl/α,β-unsaturated/α-hetero) is 1. The maximum atomic E-state index is 12.5. The van der Waals surface area contributed by atoms with Crippen LogP contribution in [0.3, 0.4) is 0 Å². The Bertz CT molecular complexity index is 807. The van der Waals surface area contributed by atoms with Crippen LogP contribution in [0.1, 0.15) is 35.7 Å². The van der Waals surface area contributed by atoms with Gasteiger partial charge in [0, 0.05) is 37.2 Å². The van der Waals surface area contributed by atoms with Crippen molar-refractivity contribution in [2.75, 3.05) is 18.4 Å². The molecule has 0 spiro atoms. The zero-order valence-electron chi connectivity index (χ0n) is 15.5. The van der Waals surface area contributed by atoms with E-state index in [2.05, 4.69) is 5.32 Å². The molecule has 5 heteroatoms. The predicted octanol–water partition coefficient (Wildman–Crippen LogP) is 3.31. The molecule has 1 aliphatic heterocycles. The first-order valence-electron chi connectivity index (χ1n) is 9.26. The van der Waals surface area contributed by atoms with Crippen molar-refractivity contribution in [3.8, 4) is 0 Å². The highest BCUT2D eigenvalue weighted by atomic mass is 16.2. The van der Waals surface area contributed by atoms with E-state index in [-0.39, 0.29) is 23.5 Å². The summed E-state index contributed by atoms with van der Waals surface area (Å²) in [5, 5.41) is 2.71. The minimum atomic E-state index is -0.119. The van der Waals surface area contributed by atoms with Gasteiger partial charge in [0.15, 0.2) is 5.78 Å². The average Bonchev–Trinajstić information content (AvgIpc) is 2.69. The summed E-state index contributed by atoms with van der Waals surface area (Å²) < 4.78 is 0. The number of amides is 2. The monoisotopic (exact) mass is 364 g/mol. The third kappa shape index (κ3) is 5.03. The molecule has 1 fully saturated rings. The lowest BCUT2D eigenvalue weighted by Gasteiger charge is -2.31. The van der Waals surface area contributed by atoms with E-state index >= 15 is 0 Å². The number of likely N-dealkylation sites (tertiary alicyclic amines) is 1. The fourth-order valence-corrected chi connectivity index (χ4v) is 3.42. The van der Waals surface area contributed by atoms with Crippen LogP contribution in [0.15, 0.2) is 54.6 Å². The van der Waals surface area contributed by atoms with Crippen molar-refractivity contribution in [2.24, 2.45) is 5.92 Å². The molecule has 2 aromatic rings. The molecular formula is C22H24N2O3. The Morgan fingerprint density at radius 1 is 0.963 bits per heavy atom. The first-order chi connectivity index (χ1) is 13.0. The maximum Gasteiger partial charge on any atom is 0.226 e. The van der Waals surface area contributed by atoms with Gasteiger partial charge >= 0.3 is 0 Å². The summed E-state index contributed by atoms with van der Waals surface area (Å²) in [6.45, 7) is 2.70. The summed E-state index contributed by atoms with van der Waals surface area (Å²) in [6.07, 6.45) is 1.75. The van der Waals surface area contributed by atoms with Crippen LogP contribution in [0.25, 0.3) is 0 Å². The number of benzene rings is 2. The Balaban J connectivity index is 1.51. The fraction of sp³-hybridized carbons (Fsp3) is 0.318. The van der Waals surface area contributed by atoms with Crippen molar-refractivity contribution in [1.82, 2.24) is 4.90 Å². The van der Waals surface area contributed by atoms with E-state index in [9.17, 15) is 14.4 Å². The van der Waals surface area contributed by atoms with Gasteiger partial charge in [0.1, 0.15) is 0 Å². The van der Waals surface area contributed by atoms with Crippen LogP contribution in [-0.4, -0.2) is 35.6 Å². The average molecular weight is 364 g/mol. The van der Waals surface area contributed by atoms with Gasteiger partial charge in [0.05, 0.1) is 6.42 Å². The molecule has 1 aliphatic rings. The smallest absolute Gasteiger partial charge is 0.226 e. The van der Waals surface area contributed by atoms with E-state index in [0.29, 0.717) is 32.4 Å². The lowest BCUT2D eigenvalue weighted by molar-refractivity contribution is -0.131. The van der Waals surface area contributed by atoms with E-state index in [0.717, 1.165) is 16.8 Å². The normalized spacial score (nSPS) is 14.6. The number of carbonyl (C=O) groups is 3. The summed E-state index contributed by atoms with van der Waals surface area (Å²) in [7, 11) is 0. The SMILES string of the molecule is CC(=O)Nc1ccc(CC(=O)N2CCC(C(=O)c3ccccc3)CC2)cc1. The summed E-state index contributed by atoms with van der Waals surface area (Å²) in [5.41, 5.74) is 2.39. The van der Waals surface area contributed by atoms with Gasteiger partial charge in [-0.2, -0.15) is 0 Å². The Morgan fingerprint density at radius 3 is 2.19 bits per heavy atom. The van der Waals surface area contributed by atoms with Crippen LogP contribution in [0.4, 0.5) is 5.69 Å². The third-order valence-electron chi connectivity index (χ3n) is 4.91. The molecule has 27 heavy (non-hydrogen) atoms. The first-order valence-corrected chi connectivity index (χ1v) is 9.26. The van der Waals surface area contributed by atoms with E-state index in [1.807, 2.05) is 47.4 Å². The molecule has 0 atom stereocenters. The van der Waals surface area contributed by atoms with Crippen molar-refractivity contribution in [3.05, 3.63) is 65.7 Å². The number of anilines is 1. The van der Waals surface area contributed by atoms with Crippen molar-refractivity contribution >= 4 is 23.3 Å². The minimum Gasteiger partial charge on any atom is -0.342 e. The predicted molar refractivity (Wildman–Crippen MR) is 105 cm³/mol. The fourth-order valence-electron chi connectivity index (χ4n) is 3.42. The molecule has 1 N–H and O–H groups in total. The Labute approximate surface area is 159 Å². The second-order valence-electron chi connectivity index (χ2n) is 6.94. The number of ketones is 1. The highest BCUT2D eigenvalue weighted by Crippen LogP contribution is 2.22. The van der Waals surface area contributed by atoms with Crippen LogP contribution < -0.4 is 5.32 Å². The summed E-state index contributed by atoms with van der Waals surface area (Å²) in [6, 6.07) is 16.7. The topological polar surface area (TPSA) is 66.5 Å². The minimum absolute atomic E-state index is 0.00612. The highest BCUT2D eigenvalue weighted by Gasteiger charge is 2.27. The zero-order valence-corrected chi connectivity index (χ0v) is 15.5. The molecule has 0 bridgehead atoms. The quantitative estimate of drug-likeness (QED) is 0.828. The van der Waals surface area contributed by atoms with E-state index in [4.69, 9.17) is 0 Å². The number of piperidine rings is 1. The van der Waals surface area contributed by atoms with Crippen LogP contribution >= 0.6 is 0 Å². The molecule has 5 nitrogen and oxygen atoms in total. The number of hydrogen-bond donors (Lipinski definition) is 1. The van der Waals surface area contributed by atoms with Gasteiger partial charge in [0.2, 0.25) is 11.8 Å². The molecule has 1 heterocycles. The molecule has 0 aromatic heterocycles. The summed E-state index contributed by atoms with van der Waals surface area (Å²) in [4.78, 5) is 38.0. The van der Waals surface area contributed by atoms with Crippen molar-refractivity contribution in [3.63, 3.8) is 0 Å². The lowest BCUT2D eigenvalue weighted by atomic mass is 9.88. The zero-order chi connectivity index (χ0) is 19.2. The largest absolute Gasteiger partial charge is 0.342 e. The Morgan fingerprint density at radius 2 is 1.59 bits per heavy atom. The Kier molecular flexibility index (Phi) is 6.01. The molecule has 140 valence electrons. The molecule has 0 aliphatic carbocycles. The van der Waals surface area contributed by atoms with Crippen LogP contribution in [-0.2, 0) is 16.0 Å². The van der Waals surface area contributed by atoms with Crippen LogP contribution in [0.5, 0.6) is 0 Å². The van der Waals surface area contributed by atoms with Gasteiger partial charge in [-0.05, 0) is 30.5 Å². The van der Waals surface area contributed by atoms with Gasteiger partial charge in [-0.3, -0.25) is 14.4 Å². The summed E-state index contributed by atoms with van der Waals surface area (Å²) >= 11 is 0. The van der Waals surface area contributed by atoms with E-state index in [1.54, 1.807) is 12.1 Å². The van der Waals surface area contributed by atoms with Crippen LogP contribution in [0, 0.1) is 5.92 Å². The lowest BCUT2D eigenvalue weighted by Crippen LogP contribution is -2.41. The van der Waals surface area contributed by atoms with E-state index < -0.39 is 0 Å². The number of nitrogens with zero attached hydrogens (tertiary/aromatic N) is 1. The molecular weight excluding hydrogens is 340 g/mol. The second kappa shape index (κ2) is 8.62. The number of rotatable bonds is 5. The number of hydrogen-bond acceptors (Lipinski definition) is 3.